The number of benzene rings is 2. The van der Waals surface area contributed by atoms with Gasteiger partial charge in [0.05, 0.1) is 35.9 Å². The summed E-state index contributed by atoms with van der Waals surface area (Å²) >= 11 is 0.744. The maximum atomic E-state index is 12.8. The first kappa shape index (κ1) is 26.3. The second kappa shape index (κ2) is 10.3. The van der Waals surface area contributed by atoms with Crippen molar-refractivity contribution in [3.05, 3.63) is 64.7 Å². The molecule has 0 saturated carbocycles. The molecule has 2 aliphatic rings. The zero-order valence-corrected chi connectivity index (χ0v) is 22.1. The molecule has 0 fully saturated rings. The molecular formula is C25H24N4O6S2. The van der Waals surface area contributed by atoms with Crippen LogP contribution in [0.5, 0.6) is 11.5 Å². The number of aryl methyl sites for hydroxylation is 1. The van der Waals surface area contributed by atoms with Crippen LogP contribution in [-0.4, -0.2) is 54.2 Å². The van der Waals surface area contributed by atoms with E-state index in [1.54, 1.807) is 38.1 Å². The normalized spacial score (nSPS) is 16.6. The smallest absolute Gasteiger partial charge is 0.343 e. The van der Waals surface area contributed by atoms with Gasteiger partial charge in [0.1, 0.15) is 5.84 Å². The van der Waals surface area contributed by atoms with Gasteiger partial charge in [0.15, 0.2) is 11.5 Å². The van der Waals surface area contributed by atoms with E-state index in [2.05, 4.69) is 9.39 Å². The summed E-state index contributed by atoms with van der Waals surface area (Å²) in [4.78, 5) is 30.3. The SMILES string of the molecule is COc1cc(/C=C2/C(=N)N3C(=NC2=O)SN=C3S(=O)(=O)CC(C)C)ccc1OC(=O)c1cccc(C)c1. The van der Waals surface area contributed by atoms with Gasteiger partial charge in [-0.15, -0.1) is 0 Å². The summed E-state index contributed by atoms with van der Waals surface area (Å²) in [5, 5.41) is 8.29. The number of hydrogen-bond acceptors (Lipinski definition) is 9. The van der Waals surface area contributed by atoms with Gasteiger partial charge in [-0.3, -0.25) is 10.2 Å². The van der Waals surface area contributed by atoms with Crippen LogP contribution in [0.4, 0.5) is 0 Å². The standard InChI is InChI=1S/C25H24N4O6S2/c1-14(2)13-37(32,33)25-28-36-24-27-22(30)18(21(26)29(24)25)11-16-8-9-19(20(12-16)34-4)35-23(31)17-7-5-6-15(3)10-17/h5-12,14,26H,13H2,1-4H3/b18-11-,26-21?. The first-order valence-electron chi connectivity index (χ1n) is 11.2. The highest BCUT2D eigenvalue weighted by Gasteiger charge is 2.42. The number of esters is 1. The molecule has 192 valence electrons. The number of carbonyl (C=O) groups excluding carboxylic acids is 2. The fraction of sp³-hybridized carbons (Fsp3) is 0.240. The van der Waals surface area contributed by atoms with Gasteiger partial charge in [-0.25, -0.2) is 18.1 Å². The van der Waals surface area contributed by atoms with Gasteiger partial charge >= 0.3 is 5.97 Å². The van der Waals surface area contributed by atoms with Crippen LogP contribution in [0.25, 0.3) is 6.08 Å². The van der Waals surface area contributed by atoms with E-state index in [4.69, 9.17) is 14.9 Å². The Balaban J connectivity index is 1.62. The highest BCUT2D eigenvalue weighted by Crippen LogP contribution is 2.33. The van der Waals surface area contributed by atoms with Crippen molar-refractivity contribution < 1.29 is 27.5 Å². The van der Waals surface area contributed by atoms with Crippen molar-refractivity contribution in [1.29, 1.82) is 5.41 Å². The van der Waals surface area contributed by atoms with E-state index in [1.165, 1.54) is 25.3 Å². The second-order valence-corrected chi connectivity index (χ2v) is 11.4. The number of sulfone groups is 1. The number of nitrogens with one attached hydrogen (secondary N) is 1. The zero-order valence-electron chi connectivity index (χ0n) is 20.5. The third-order valence-electron chi connectivity index (χ3n) is 5.28. The van der Waals surface area contributed by atoms with Gasteiger partial charge in [-0.05, 0) is 48.7 Å². The molecule has 0 unspecified atom stereocenters. The van der Waals surface area contributed by atoms with Crippen molar-refractivity contribution >= 4 is 55.9 Å². The van der Waals surface area contributed by atoms with Crippen molar-refractivity contribution in [3.63, 3.8) is 0 Å². The molecule has 0 bridgehead atoms. The summed E-state index contributed by atoms with van der Waals surface area (Å²) in [6.07, 6.45) is 1.40. The number of rotatable bonds is 6. The molecule has 1 N–H and O–H groups in total. The molecule has 2 aliphatic heterocycles. The van der Waals surface area contributed by atoms with E-state index in [0.717, 1.165) is 22.4 Å². The number of nitrogens with zero attached hydrogens (tertiary/aromatic N) is 3. The summed E-state index contributed by atoms with van der Waals surface area (Å²) in [6, 6.07) is 11.6. The largest absolute Gasteiger partial charge is 0.493 e. The Hall–Kier alpha value is -3.77. The molecule has 2 aromatic rings. The van der Waals surface area contributed by atoms with Crippen LogP contribution >= 0.6 is 11.9 Å². The molecule has 0 aliphatic carbocycles. The van der Waals surface area contributed by atoms with E-state index in [-0.39, 0.29) is 44.9 Å². The van der Waals surface area contributed by atoms with Crippen molar-refractivity contribution in [1.82, 2.24) is 4.90 Å². The molecule has 0 atom stereocenters. The van der Waals surface area contributed by atoms with Crippen LogP contribution < -0.4 is 9.47 Å². The van der Waals surface area contributed by atoms with E-state index in [0.29, 0.717) is 11.1 Å². The van der Waals surface area contributed by atoms with Gasteiger partial charge < -0.3 is 9.47 Å². The molecule has 0 radical (unpaired) electrons. The minimum atomic E-state index is -3.80. The Morgan fingerprint density at radius 3 is 2.62 bits per heavy atom. The molecular weight excluding hydrogens is 516 g/mol. The molecule has 2 aromatic carbocycles. The number of amides is 1. The Kier molecular flexibility index (Phi) is 7.32. The van der Waals surface area contributed by atoms with Crippen LogP contribution in [0.1, 0.15) is 35.3 Å². The first-order chi connectivity index (χ1) is 17.5. The quantitative estimate of drug-likeness (QED) is 0.252. The number of hydrogen-bond donors (Lipinski definition) is 1. The number of fused-ring (bicyclic) bond motifs is 1. The molecule has 0 spiro atoms. The van der Waals surface area contributed by atoms with Gasteiger partial charge in [0.2, 0.25) is 20.2 Å². The molecule has 0 saturated heterocycles. The van der Waals surface area contributed by atoms with Crippen LogP contribution in [0.3, 0.4) is 0 Å². The average molecular weight is 541 g/mol. The van der Waals surface area contributed by atoms with Gasteiger partial charge in [0, 0.05) is 0 Å². The van der Waals surface area contributed by atoms with Gasteiger partial charge in [0.25, 0.3) is 5.91 Å². The lowest BCUT2D eigenvalue weighted by Gasteiger charge is -2.24. The fourth-order valence-electron chi connectivity index (χ4n) is 3.67. The molecule has 12 heteroatoms. The number of methoxy groups -OCH3 is 1. The third kappa shape index (κ3) is 5.49. The number of carbonyl (C=O) groups is 2. The Bertz CT molecular complexity index is 1510. The minimum absolute atomic E-state index is 0.0190. The number of ether oxygens (including phenoxy) is 2. The molecule has 4 rings (SSSR count). The van der Waals surface area contributed by atoms with Crippen molar-refractivity contribution in [2.45, 2.75) is 20.8 Å². The lowest BCUT2D eigenvalue weighted by atomic mass is 10.1. The van der Waals surface area contributed by atoms with Crippen molar-refractivity contribution in [2.75, 3.05) is 12.9 Å². The van der Waals surface area contributed by atoms with E-state index >= 15 is 0 Å². The lowest BCUT2D eigenvalue weighted by molar-refractivity contribution is -0.114. The van der Waals surface area contributed by atoms with Crippen LogP contribution in [0, 0.1) is 18.3 Å². The number of amidine groups is 3. The maximum absolute atomic E-state index is 12.8. The van der Waals surface area contributed by atoms with Crippen molar-refractivity contribution in [2.24, 2.45) is 15.3 Å². The van der Waals surface area contributed by atoms with Crippen molar-refractivity contribution in [3.8, 4) is 11.5 Å². The molecule has 37 heavy (non-hydrogen) atoms. The average Bonchev–Trinajstić information content (AvgIpc) is 3.26. The van der Waals surface area contributed by atoms with Crippen LogP contribution in [0.15, 0.2) is 57.4 Å². The summed E-state index contributed by atoms with van der Waals surface area (Å²) < 4.78 is 40.5. The maximum Gasteiger partial charge on any atom is 0.343 e. The predicted octanol–water partition coefficient (Wildman–Crippen LogP) is 3.87. The summed E-state index contributed by atoms with van der Waals surface area (Å²) in [5.74, 6) is -1.51. The molecule has 1 amide bonds. The monoisotopic (exact) mass is 540 g/mol. The fourth-order valence-corrected chi connectivity index (χ4v) is 6.40. The Morgan fingerprint density at radius 1 is 1.19 bits per heavy atom. The first-order valence-corrected chi connectivity index (χ1v) is 13.6. The molecule has 2 heterocycles. The van der Waals surface area contributed by atoms with E-state index in [9.17, 15) is 18.0 Å². The Morgan fingerprint density at radius 2 is 1.95 bits per heavy atom. The third-order valence-corrected chi connectivity index (χ3v) is 8.03. The topological polar surface area (TPSA) is 139 Å². The minimum Gasteiger partial charge on any atom is -0.493 e. The van der Waals surface area contributed by atoms with Crippen LogP contribution in [-0.2, 0) is 14.6 Å². The predicted molar refractivity (Wildman–Crippen MR) is 143 cm³/mol. The summed E-state index contributed by atoms with van der Waals surface area (Å²) in [6.45, 7) is 5.40. The highest BCUT2D eigenvalue weighted by atomic mass is 32.2. The van der Waals surface area contributed by atoms with Gasteiger partial charge in [-0.1, -0.05) is 37.6 Å². The second-order valence-electron chi connectivity index (χ2n) is 8.75. The lowest BCUT2D eigenvalue weighted by Crippen LogP contribution is -2.46. The van der Waals surface area contributed by atoms with Crippen LogP contribution in [0.2, 0.25) is 0 Å². The van der Waals surface area contributed by atoms with E-state index in [1.807, 2.05) is 13.0 Å². The zero-order chi connectivity index (χ0) is 26.9. The van der Waals surface area contributed by atoms with E-state index < -0.39 is 21.7 Å². The summed E-state index contributed by atoms with van der Waals surface area (Å²) in [7, 11) is -2.40. The Labute approximate surface area is 218 Å². The highest BCUT2D eigenvalue weighted by molar-refractivity contribution is 8.16. The molecule has 0 aromatic heterocycles. The summed E-state index contributed by atoms with van der Waals surface area (Å²) in [5.41, 5.74) is 1.63. The number of aliphatic imine (C=N–C) groups is 1. The molecule has 10 nitrogen and oxygen atoms in total. The van der Waals surface area contributed by atoms with Gasteiger partial charge in [-0.2, -0.15) is 9.39 Å².